The van der Waals surface area contributed by atoms with Gasteiger partial charge in [0.25, 0.3) is 0 Å². The molecule has 1 fully saturated rings. The fraction of sp³-hybridized carbons (Fsp3) is 0.429. The highest BCUT2D eigenvalue weighted by atomic mass is 16.6. The molecule has 1 saturated heterocycles. The smallest absolute Gasteiger partial charge is 0.185 e. The molecule has 1 aromatic rings. The van der Waals surface area contributed by atoms with Crippen molar-refractivity contribution in [2.75, 3.05) is 19.8 Å². The minimum atomic E-state index is -0.781. The van der Waals surface area contributed by atoms with Gasteiger partial charge in [-0.1, -0.05) is 29.8 Å². The molecule has 0 aliphatic carbocycles. The van der Waals surface area contributed by atoms with E-state index in [2.05, 4.69) is 6.07 Å². The molecule has 2 rings (SSSR count). The summed E-state index contributed by atoms with van der Waals surface area (Å²) in [5.41, 5.74) is 1.75. The Labute approximate surface area is 106 Å². The molecule has 4 heteroatoms. The Morgan fingerprint density at radius 3 is 2.94 bits per heavy atom. The Kier molecular flexibility index (Phi) is 4.08. The predicted molar refractivity (Wildman–Crippen MR) is 65.1 cm³/mol. The molecular weight excluding hydrogens is 230 g/mol. The van der Waals surface area contributed by atoms with Gasteiger partial charge in [-0.2, -0.15) is 5.26 Å². The van der Waals surface area contributed by atoms with Gasteiger partial charge in [0, 0.05) is 0 Å². The first kappa shape index (κ1) is 12.7. The summed E-state index contributed by atoms with van der Waals surface area (Å²) in [6, 6.07) is 9.49. The molecule has 18 heavy (non-hydrogen) atoms. The van der Waals surface area contributed by atoms with Gasteiger partial charge in [-0.15, -0.1) is 0 Å². The van der Waals surface area contributed by atoms with E-state index in [0.717, 1.165) is 11.1 Å². The van der Waals surface area contributed by atoms with E-state index in [4.69, 9.17) is 9.47 Å². The third-order valence-electron chi connectivity index (χ3n) is 2.92. The Morgan fingerprint density at radius 1 is 1.50 bits per heavy atom. The van der Waals surface area contributed by atoms with E-state index in [0.29, 0.717) is 13.2 Å². The van der Waals surface area contributed by atoms with Gasteiger partial charge >= 0.3 is 0 Å². The quantitative estimate of drug-likeness (QED) is 0.811. The zero-order valence-corrected chi connectivity index (χ0v) is 10.3. The van der Waals surface area contributed by atoms with Gasteiger partial charge < -0.3 is 9.47 Å². The summed E-state index contributed by atoms with van der Waals surface area (Å²) in [6.45, 7) is 3.08. The van der Waals surface area contributed by atoms with Gasteiger partial charge in [0.2, 0.25) is 0 Å². The molecular formula is C14H15NO3. The van der Waals surface area contributed by atoms with E-state index < -0.39 is 12.0 Å². The van der Waals surface area contributed by atoms with E-state index in [1.807, 2.05) is 25.1 Å². The lowest BCUT2D eigenvalue weighted by atomic mass is 9.92. The Balaban J connectivity index is 2.18. The van der Waals surface area contributed by atoms with Crippen LogP contribution in [-0.2, 0) is 14.3 Å². The monoisotopic (exact) mass is 245 g/mol. The largest absolute Gasteiger partial charge is 0.376 e. The summed E-state index contributed by atoms with van der Waals surface area (Å²) < 4.78 is 10.6. The predicted octanol–water partition coefficient (Wildman–Crippen LogP) is 1.59. The molecule has 0 bridgehead atoms. The molecule has 1 heterocycles. The number of ether oxygens (including phenoxy) is 2. The number of nitriles is 1. The molecule has 0 spiro atoms. The van der Waals surface area contributed by atoms with E-state index >= 15 is 0 Å². The maximum absolute atomic E-state index is 12.2. The molecule has 0 amide bonds. The van der Waals surface area contributed by atoms with Crippen molar-refractivity contribution in [3.63, 3.8) is 0 Å². The first-order valence-electron chi connectivity index (χ1n) is 5.91. The summed E-state index contributed by atoms with van der Waals surface area (Å²) in [6.07, 6.45) is -0.621. The average Bonchev–Trinajstić information content (AvgIpc) is 2.40. The second-order valence-electron chi connectivity index (χ2n) is 4.31. The van der Waals surface area contributed by atoms with Crippen LogP contribution < -0.4 is 0 Å². The SMILES string of the molecule is Cc1cccc(C(C#N)C(=O)C2COCCO2)c1. The number of aryl methyl sites for hydroxylation is 1. The van der Waals surface area contributed by atoms with Crippen molar-refractivity contribution in [2.24, 2.45) is 0 Å². The van der Waals surface area contributed by atoms with Crippen LogP contribution in [0.5, 0.6) is 0 Å². The van der Waals surface area contributed by atoms with Gasteiger partial charge in [-0.25, -0.2) is 0 Å². The maximum Gasteiger partial charge on any atom is 0.185 e. The van der Waals surface area contributed by atoms with Gasteiger partial charge in [0.05, 0.1) is 25.9 Å². The van der Waals surface area contributed by atoms with Crippen molar-refractivity contribution in [1.82, 2.24) is 0 Å². The number of hydrogen-bond donors (Lipinski definition) is 0. The molecule has 94 valence electrons. The van der Waals surface area contributed by atoms with Crippen LogP contribution >= 0.6 is 0 Å². The molecule has 1 aromatic carbocycles. The molecule has 2 unspecified atom stereocenters. The van der Waals surface area contributed by atoms with Crippen molar-refractivity contribution in [2.45, 2.75) is 18.9 Å². The lowest BCUT2D eigenvalue weighted by Gasteiger charge is -2.23. The highest BCUT2D eigenvalue weighted by Crippen LogP contribution is 2.20. The number of ketones is 1. The van der Waals surface area contributed by atoms with Gasteiger partial charge in [0.15, 0.2) is 5.78 Å². The molecule has 1 aliphatic rings. The summed E-state index contributed by atoms with van der Waals surface area (Å²) >= 11 is 0. The molecule has 2 atom stereocenters. The van der Waals surface area contributed by atoms with E-state index in [9.17, 15) is 10.1 Å². The Hall–Kier alpha value is -1.70. The Bertz CT molecular complexity index is 472. The number of carbonyl (C=O) groups excluding carboxylic acids is 1. The van der Waals surface area contributed by atoms with Crippen LogP contribution in [0.4, 0.5) is 0 Å². The fourth-order valence-corrected chi connectivity index (χ4v) is 1.99. The number of rotatable bonds is 3. The van der Waals surface area contributed by atoms with Crippen LogP contribution in [0.3, 0.4) is 0 Å². The average molecular weight is 245 g/mol. The molecule has 0 N–H and O–H groups in total. The van der Waals surface area contributed by atoms with Crippen molar-refractivity contribution >= 4 is 5.78 Å². The van der Waals surface area contributed by atoms with Crippen LogP contribution in [0.1, 0.15) is 17.0 Å². The van der Waals surface area contributed by atoms with Gasteiger partial charge in [-0.3, -0.25) is 4.79 Å². The van der Waals surface area contributed by atoms with Crippen molar-refractivity contribution in [1.29, 1.82) is 5.26 Å². The molecule has 4 nitrogen and oxygen atoms in total. The second-order valence-corrected chi connectivity index (χ2v) is 4.31. The summed E-state index contributed by atoms with van der Waals surface area (Å²) in [4.78, 5) is 12.2. The highest BCUT2D eigenvalue weighted by Gasteiger charge is 2.30. The minimum absolute atomic E-state index is 0.220. The zero-order valence-electron chi connectivity index (χ0n) is 10.3. The normalized spacial score (nSPS) is 21.0. The first-order chi connectivity index (χ1) is 8.72. The zero-order chi connectivity index (χ0) is 13.0. The lowest BCUT2D eigenvalue weighted by molar-refractivity contribution is -0.145. The molecule has 1 aliphatic heterocycles. The molecule has 0 saturated carbocycles. The topological polar surface area (TPSA) is 59.3 Å². The van der Waals surface area contributed by atoms with E-state index in [-0.39, 0.29) is 12.4 Å². The number of hydrogen-bond acceptors (Lipinski definition) is 4. The van der Waals surface area contributed by atoms with Crippen LogP contribution in [0.25, 0.3) is 0 Å². The summed E-state index contributed by atoms with van der Waals surface area (Å²) in [7, 11) is 0. The summed E-state index contributed by atoms with van der Waals surface area (Å²) in [5, 5.41) is 9.20. The molecule has 0 aromatic heterocycles. The molecule has 0 radical (unpaired) electrons. The van der Waals surface area contributed by atoms with Crippen molar-refractivity contribution < 1.29 is 14.3 Å². The third-order valence-corrected chi connectivity index (χ3v) is 2.92. The Morgan fingerprint density at radius 2 is 2.33 bits per heavy atom. The standard InChI is InChI=1S/C14H15NO3/c1-10-3-2-4-11(7-10)12(8-15)14(16)13-9-17-5-6-18-13/h2-4,7,12-13H,5-6,9H2,1H3. The van der Waals surface area contributed by atoms with Crippen LogP contribution in [-0.4, -0.2) is 31.7 Å². The number of benzene rings is 1. The van der Waals surface area contributed by atoms with Crippen molar-refractivity contribution in [3.8, 4) is 6.07 Å². The lowest BCUT2D eigenvalue weighted by Crippen LogP contribution is -2.38. The fourth-order valence-electron chi connectivity index (χ4n) is 1.99. The highest BCUT2D eigenvalue weighted by molar-refractivity contribution is 5.92. The van der Waals surface area contributed by atoms with Gasteiger partial charge in [-0.05, 0) is 12.5 Å². The van der Waals surface area contributed by atoms with E-state index in [1.165, 1.54) is 0 Å². The van der Waals surface area contributed by atoms with Gasteiger partial charge in [0.1, 0.15) is 12.0 Å². The summed E-state index contributed by atoms with van der Waals surface area (Å²) in [5.74, 6) is -1.00. The first-order valence-corrected chi connectivity index (χ1v) is 5.91. The van der Waals surface area contributed by atoms with Crippen molar-refractivity contribution in [3.05, 3.63) is 35.4 Å². The van der Waals surface area contributed by atoms with Crippen LogP contribution in [0, 0.1) is 18.3 Å². The number of Topliss-reactive ketones (excluding diaryl/α,β-unsaturated/α-hetero) is 1. The van der Waals surface area contributed by atoms with Crippen LogP contribution in [0.15, 0.2) is 24.3 Å². The third kappa shape index (κ3) is 2.76. The second kappa shape index (κ2) is 5.76. The van der Waals surface area contributed by atoms with Crippen LogP contribution in [0.2, 0.25) is 0 Å². The maximum atomic E-state index is 12.2. The number of carbonyl (C=O) groups is 1. The van der Waals surface area contributed by atoms with E-state index in [1.54, 1.807) is 6.07 Å². The minimum Gasteiger partial charge on any atom is -0.376 e. The number of nitrogens with zero attached hydrogens (tertiary/aromatic N) is 1.